The van der Waals surface area contributed by atoms with Crippen molar-refractivity contribution in [1.29, 1.82) is 5.26 Å². The molecular weight excluding hydrogens is 338 g/mol. The highest BCUT2D eigenvalue weighted by molar-refractivity contribution is 6.31. The van der Waals surface area contributed by atoms with Gasteiger partial charge < -0.3 is 5.32 Å². The fourth-order valence-electron chi connectivity index (χ4n) is 2.23. The molecule has 6 heteroatoms. The van der Waals surface area contributed by atoms with Crippen molar-refractivity contribution in [2.24, 2.45) is 0 Å². The van der Waals surface area contributed by atoms with E-state index in [0.717, 1.165) is 5.56 Å². The summed E-state index contributed by atoms with van der Waals surface area (Å²) >= 11 is 6.07. The first-order chi connectivity index (χ1) is 11.8. The summed E-state index contributed by atoms with van der Waals surface area (Å²) in [4.78, 5) is 28.4. The molecule has 128 valence electrons. The largest absolute Gasteiger partial charge is 0.333 e. The van der Waals surface area contributed by atoms with Crippen LogP contribution in [0.1, 0.15) is 35.5 Å². The number of nitrogens with one attached hydrogen (secondary N) is 1. The minimum atomic E-state index is -0.991. The number of ketones is 1. The number of carbonyl (C=O) groups is 2. The molecule has 25 heavy (non-hydrogen) atoms. The van der Waals surface area contributed by atoms with Gasteiger partial charge in [-0.15, -0.1) is 0 Å². The summed E-state index contributed by atoms with van der Waals surface area (Å²) < 4.78 is 0. The van der Waals surface area contributed by atoms with Crippen LogP contribution in [-0.2, 0) is 17.6 Å². The molecule has 1 N–H and O–H groups in total. The van der Waals surface area contributed by atoms with Crippen LogP contribution >= 0.6 is 11.6 Å². The van der Waals surface area contributed by atoms with Crippen molar-refractivity contribution in [3.05, 3.63) is 64.4 Å². The maximum absolute atomic E-state index is 12.3. The third kappa shape index (κ3) is 5.40. The third-order valence-electron chi connectivity index (χ3n) is 3.51. The Balaban J connectivity index is 2.06. The average Bonchev–Trinajstić information content (AvgIpc) is 2.57. The van der Waals surface area contributed by atoms with Crippen molar-refractivity contribution >= 4 is 23.3 Å². The van der Waals surface area contributed by atoms with Gasteiger partial charge in [0.1, 0.15) is 17.0 Å². The second-order valence-corrected chi connectivity index (χ2v) is 6.63. The smallest absolute Gasteiger partial charge is 0.271 e. The molecule has 0 unspecified atom stereocenters. The summed E-state index contributed by atoms with van der Waals surface area (Å²) in [6.07, 6.45) is 1.88. The van der Waals surface area contributed by atoms with Gasteiger partial charge in [0.05, 0.1) is 6.07 Å². The first-order valence-electron chi connectivity index (χ1n) is 7.74. The second-order valence-electron chi connectivity index (χ2n) is 6.22. The van der Waals surface area contributed by atoms with Gasteiger partial charge in [0, 0.05) is 24.1 Å². The molecular formula is C19H18ClN3O2. The summed E-state index contributed by atoms with van der Waals surface area (Å²) in [6.45, 7) is 3.20. The fourth-order valence-corrected chi connectivity index (χ4v) is 2.43. The number of benzene rings is 1. The van der Waals surface area contributed by atoms with Gasteiger partial charge in [0.2, 0.25) is 0 Å². The highest BCUT2D eigenvalue weighted by Crippen LogP contribution is 2.16. The van der Waals surface area contributed by atoms with Crippen molar-refractivity contribution in [3.8, 4) is 6.07 Å². The highest BCUT2D eigenvalue weighted by atomic mass is 35.5. The van der Waals surface area contributed by atoms with E-state index in [2.05, 4.69) is 10.3 Å². The number of aromatic nitrogens is 1. The van der Waals surface area contributed by atoms with Crippen molar-refractivity contribution in [2.75, 3.05) is 0 Å². The molecule has 0 radical (unpaired) electrons. The van der Waals surface area contributed by atoms with Gasteiger partial charge >= 0.3 is 0 Å². The van der Waals surface area contributed by atoms with E-state index in [4.69, 9.17) is 16.9 Å². The molecule has 0 fully saturated rings. The van der Waals surface area contributed by atoms with Crippen LogP contribution in [0.5, 0.6) is 0 Å². The van der Waals surface area contributed by atoms with Gasteiger partial charge in [-0.05, 0) is 43.2 Å². The molecule has 0 spiro atoms. The summed E-state index contributed by atoms with van der Waals surface area (Å²) in [7, 11) is 0. The van der Waals surface area contributed by atoms with Crippen LogP contribution in [0.4, 0.5) is 0 Å². The minimum absolute atomic E-state index is 0.0111. The number of amides is 1. The summed E-state index contributed by atoms with van der Waals surface area (Å²) in [5, 5.41) is 12.1. The molecule has 5 nitrogen and oxygen atoms in total. The molecule has 1 aromatic heterocycles. The zero-order chi connectivity index (χ0) is 18.4. The van der Waals surface area contributed by atoms with Crippen molar-refractivity contribution in [1.82, 2.24) is 10.3 Å². The van der Waals surface area contributed by atoms with Crippen LogP contribution < -0.4 is 5.32 Å². The number of halogens is 1. The number of nitrogens with zero attached hydrogens (tertiary/aromatic N) is 2. The van der Waals surface area contributed by atoms with Crippen molar-refractivity contribution in [2.45, 2.75) is 32.2 Å². The van der Waals surface area contributed by atoms with E-state index in [1.165, 1.54) is 6.20 Å². The number of Topliss-reactive ketones (excluding diaryl/α,β-unsaturated/α-hetero) is 1. The van der Waals surface area contributed by atoms with Gasteiger partial charge in [-0.1, -0.05) is 29.8 Å². The van der Waals surface area contributed by atoms with Gasteiger partial charge in [-0.3, -0.25) is 14.6 Å². The minimum Gasteiger partial charge on any atom is -0.333 e. The molecule has 0 aliphatic heterocycles. The van der Waals surface area contributed by atoms with E-state index in [1.807, 2.05) is 24.3 Å². The molecule has 0 aliphatic rings. The van der Waals surface area contributed by atoms with E-state index in [-0.39, 0.29) is 24.3 Å². The topological polar surface area (TPSA) is 82.9 Å². The molecule has 1 aromatic carbocycles. The van der Waals surface area contributed by atoms with E-state index in [0.29, 0.717) is 10.6 Å². The van der Waals surface area contributed by atoms with E-state index in [1.54, 1.807) is 32.0 Å². The molecule has 2 rings (SSSR count). The third-order valence-corrected chi connectivity index (χ3v) is 3.88. The lowest BCUT2D eigenvalue weighted by Gasteiger charge is -2.17. The first kappa shape index (κ1) is 18.6. The maximum atomic E-state index is 12.3. The molecule has 0 aliphatic carbocycles. The van der Waals surface area contributed by atoms with E-state index in [9.17, 15) is 9.59 Å². The fraction of sp³-hybridized carbons (Fsp3) is 0.263. The normalized spacial score (nSPS) is 10.8. The predicted molar refractivity (Wildman–Crippen MR) is 95.3 cm³/mol. The van der Waals surface area contributed by atoms with Crippen molar-refractivity contribution < 1.29 is 9.59 Å². The SMILES string of the molecule is CC(C)(C#N)NC(=O)c1cc(CC(=O)Cc2ccccc2Cl)ccn1. The molecule has 1 amide bonds. The number of hydrogen-bond donors (Lipinski definition) is 1. The van der Waals surface area contributed by atoms with Crippen LogP contribution in [-0.4, -0.2) is 22.2 Å². The Hall–Kier alpha value is -2.71. The summed E-state index contributed by atoms with van der Waals surface area (Å²) in [5.74, 6) is -0.463. The lowest BCUT2D eigenvalue weighted by atomic mass is 10.0. The number of nitriles is 1. The predicted octanol–water partition coefficient (Wildman–Crippen LogP) is 3.12. The van der Waals surface area contributed by atoms with E-state index >= 15 is 0 Å². The highest BCUT2D eigenvalue weighted by Gasteiger charge is 2.21. The number of rotatable bonds is 6. The lowest BCUT2D eigenvalue weighted by molar-refractivity contribution is -0.117. The summed E-state index contributed by atoms with van der Waals surface area (Å²) in [5.41, 5.74) is 0.643. The van der Waals surface area contributed by atoms with Gasteiger partial charge in [0.15, 0.2) is 0 Å². The van der Waals surface area contributed by atoms with Crippen LogP contribution in [0.15, 0.2) is 42.6 Å². The maximum Gasteiger partial charge on any atom is 0.271 e. The van der Waals surface area contributed by atoms with Gasteiger partial charge in [-0.25, -0.2) is 0 Å². The monoisotopic (exact) mass is 355 g/mol. The quantitative estimate of drug-likeness (QED) is 0.862. The Labute approximate surface area is 151 Å². The molecule has 0 saturated carbocycles. The average molecular weight is 356 g/mol. The first-order valence-corrected chi connectivity index (χ1v) is 8.12. The number of hydrogen-bond acceptors (Lipinski definition) is 4. The summed E-state index contributed by atoms with van der Waals surface area (Å²) in [6, 6.07) is 12.5. The molecule has 0 bridgehead atoms. The molecule has 1 heterocycles. The van der Waals surface area contributed by atoms with Crippen LogP contribution in [0.25, 0.3) is 0 Å². The molecule has 2 aromatic rings. The number of carbonyl (C=O) groups excluding carboxylic acids is 2. The van der Waals surface area contributed by atoms with Gasteiger partial charge in [-0.2, -0.15) is 5.26 Å². The number of pyridine rings is 1. The van der Waals surface area contributed by atoms with Crippen molar-refractivity contribution in [3.63, 3.8) is 0 Å². The molecule has 0 atom stereocenters. The van der Waals surface area contributed by atoms with Crippen LogP contribution in [0.2, 0.25) is 5.02 Å². The standard InChI is InChI=1S/C19H18ClN3O2/c1-19(2,12-21)23-18(25)17-10-13(7-8-22-17)9-15(24)11-14-5-3-4-6-16(14)20/h3-8,10H,9,11H2,1-2H3,(H,23,25). The zero-order valence-corrected chi connectivity index (χ0v) is 14.8. The van der Waals surface area contributed by atoms with Crippen LogP contribution in [0.3, 0.4) is 0 Å². The Bertz CT molecular complexity index is 841. The van der Waals surface area contributed by atoms with E-state index < -0.39 is 11.4 Å². The lowest BCUT2D eigenvalue weighted by Crippen LogP contribution is -2.42. The Morgan fingerprint density at radius 1 is 1.24 bits per heavy atom. The second kappa shape index (κ2) is 7.91. The Kier molecular flexibility index (Phi) is 5.89. The van der Waals surface area contributed by atoms with Crippen LogP contribution in [0, 0.1) is 11.3 Å². The Morgan fingerprint density at radius 2 is 1.96 bits per heavy atom. The molecule has 0 saturated heterocycles. The Morgan fingerprint density at radius 3 is 2.64 bits per heavy atom. The van der Waals surface area contributed by atoms with Gasteiger partial charge in [0.25, 0.3) is 5.91 Å². The zero-order valence-electron chi connectivity index (χ0n) is 14.0.